The summed E-state index contributed by atoms with van der Waals surface area (Å²) in [6.45, 7) is -0.0313. The van der Waals surface area contributed by atoms with Crippen molar-refractivity contribution in [1.29, 1.82) is 0 Å². The summed E-state index contributed by atoms with van der Waals surface area (Å²) in [6.07, 6.45) is -4.72. The third-order valence-electron chi connectivity index (χ3n) is 2.01. The lowest BCUT2D eigenvalue weighted by Gasteiger charge is -2.08. The second-order valence-corrected chi connectivity index (χ2v) is 3.01. The standard InChI is InChI=1S/C9H6F3NO3/c10-9(11,12)8(13-14)5-1-2-6-7(3-5)16-4-15-6/h1-3,14H,4H2/b13-8-. The van der Waals surface area contributed by atoms with Crippen molar-refractivity contribution in [2.45, 2.75) is 6.18 Å². The highest BCUT2D eigenvalue weighted by atomic mass is 19.4. The first-order chi connectivity index (χ1) is 7.52. The second-order valence-electron chi connectivity index (χ2n) is 3.01. The van der Waals surface area contributed by atoms with Crippen LogP contribution in [0.15, 0.2) is 23.4 Å². The van der Waals surface area contributed by atoms with E-state index in [1.165, 1.54) is 6.07 Å². The number of fused-ring (bicyclic) bond motifs is 1. The molecule has 0 spiro atoms. The van der Waals surface area contributed by atoms with E-state index in [9.17, 15) is 13.2 Å². The zero-order chi connectivity index (χ0) is 11.8. The number of alkyl halides is 3. The van der Waals surface area contributed by atoms with Gasteiger partial charge in [-0.3, -0.25) is 0 Å². The molecule has 0 radical (unpaired) electrons. The lowest BCUT2D eigenvalue weighted by atomic mass is 10.1. The van der Waals surface area contributed by atoms with E-state index < -0.39 is 11.9 Å². The fourth-order valence-electron chi connectivity index (χ4n) is 1.32. The van der Waals surface area contributed by atoms with E-state index in [4.69, 9.17) is 14.7 Å². The average Bonchev–Trinajstić information content (AvgIpc) is 2.63. The molecule has 1 aliphatic heterocycles. The summed E-state index contributed by atoms with van der Waals surface area (Å²) in [4.78, 5) is 0. The minimum absolute atomic E-state index is 0.0313. The van der Waals surface area contributed by atoms with Gasteiger partial charge in [0.15, 0.2) is 17.2 Å². The van der Waals surface area contributed by atoms with Crippen LogP contribution in [0, 0.1) is 0 Å². The van der Waals surface area contributed by atoms with Crippen molar-refractivity contribution in [3.05, 3.63) is 23.8 Å². The highest BCUT2D eigenvalue weighted by Gasteiger charge is 2.38. The summed E-state index contributed by atoms with van der Waals surface area (Å²) in [5.74, 6) is 0.561. The molecule has 1 N–H and O–H groups in total. The van der Waals surface area contributed by atoms with E-state index in [-0.39, 0.29) is 18.1 Å². The number of hydrogen-bond donors (Lipinski definition) is 1. The first-order valence-electron chi connectivity index (χ1n) is 4.21. The van der Waals surface area contributed by atoms with E-state index in [1.807, 2.05) is 0 Å². The molecule has 1 aliphatic rings. The molecule has 1 aromatic carbocycles. The van der Waals surface area contributed by atoms with Crippen LogP contribution < -0.4 is 9.47 Å². The van der Waals surface area contributed by atoms with Gasteiger partial charge in [-0.25, -0.2) is 0 Å². The van der Waals surface area contributed by atoms with Crippen LogP contribution in [0.3, 0.4) is 0 Å². The number of oxime groups is 1. The molecule has 0 aliphatic carbocycles. The Balaban J connectivity index is 2.41. The van der Waals surface area contributed by atoms with Crippen molar-refractivity contribution in [2.24, 2.45) is 5.16 Å². The Kier molecular flexibility index (Phi) is 2.37. The van der Waals surface area contributed by atoms with Crippen molar-refractivity contribution in [3.8, 4) is 11.5 Å². The minimum Gasteiger partial charge on any atom is -0.454 e. The molecule has 7 heteroatoms. The molecule has 16 heavy (non-hydrogen) atoms. The average molecular weight is 233 g/mol. The lowest BCUT2D eigenvalue weighted by molar-refractivity contribution is -0.0601. The van der Waals surface area contributed by atoms with Crippen LogP contribution in [0.2, 0.25) is 0 Å². The monoisotopic (exact) mass is 233 g/mol. The third kappa shape index (κ3) is 1.75. The molecule has 4 nitrogen and oxygen atoms in total. The summed E-state index contributed by atoms with van der Waals surface area (Å²) in [5.41, 5.74) is -1.65. The van der Waals surface area contributed by atoms with Crippen molar-refractivity contribution in [1.82, 2.24) is 0 Å². The molecule has 1 heterocycles. The summed E-state index contributed by atoms with van der Waals surface area (Å²) in [6, 6.07) is 3.59. The van der Waals surface area contributed by atoms with Crippen molar-refractivity contribution < 1.29 is 27.9 Å². The molecular weight excluding hydrogens is 227 g/mol. The SMILES string of the molecule is O/N=C(/c1ccc2c(c1)OCO2)C(F)(F)F. The summed E-state index contributed by atoms with van der Waals surface area (Å²) >= 11 is 0. The number of ether oxygens (including phenoxy) is 2. The largest absolute Gasteiger partial charge is 0.454 e. The number of nitrogens with zero attached hydrogens (tertiary/aromatic N) is 1. The van der Waals surface area contributed by atoms with Crippen LogP contribution in [0.25, 0.3) is 0 Å². The van der Waals surface area contributed by atoms with Crippen LogP contribution in [-0.2, 0) is 0 Å². The molecule has 86 valence electrons. The molecule has 0 bridgehead atoms. The van der Waals surface area contributed by atoms with Gasteiger partial charge in [0, 0.05) is 5.56 Å². The van der Waals surface area contributed by atoms with Gasteiger partial charge in [-0.1, -0.05) is 5.16 Å². The molecule has 1 aromatic rings. The van der Waals surface area contributed by atoms with Gasteiger partial charge in [0.2, 0.25) is 6.79 Å². The number of hydrogen-bond acceptors (Lipinski definition) is 4. The van der Waals surface area contributed by atoms with E-state index in [1.54, 1.807) is 0 Å². The van der Waals surface area contributed by atoms with Gasteiger partial charge < -0.3 is 14.7 Å². The van der Waals surface area contributed by atoms with Gasteiger partial charge in [0.1, 0.15) is 0 Å². The van der Waals surface area contributed by atoms with Crippen LogP contribution in [-0.4, -0.2) is 23.9 Å². The Bertz CT molecular complexity index is 442. The van der Waals surface area contributed by atoms with Crippen LogP contribution in [0.1, 0.15) is 5.56 Å². The van der Waals surface area contributed by atoms with Crippen molar-refractivity contribution in [3.63, 3.8) is 0 Å². The predicted octanol–water partition coefficient (Wildman–Crippen LogP) is 2.16. The van der Waals surface area contributed by atoms with Gasteiger partial charge in [0.05, 0.1) is 0 Å². The van der Waals surface area contributed by atoms with E-state index in [2.05, 4.69) is 5.16 Å². The van der Waals surface area contributed by atoms with Crippen LogP contribution >= 0.6 is 0 Å². The first-order valence-corrected chi connectivity index (χ1v) is 4.21. The minimum atomic E-state index is -4.72. The molecular formula is C9H6F3NO3. The zero-order valence-electron chi connectivity index (χ0n) is 7.78. The fraction of sp³-hybridized carbons (Fsp3) is 0.222. The van der Waals surface area contributed by atoms with Crippen LogP contribution in [0.4, 0.5) is 13.2 Å². The number of benzene rings is 1. The van der Waals surface area contributed by atoms with E-state index in [0.29, 0.717) is 5.75 Å². The molecule has 0 unspecified atom stereocenters. The Labute approximate surface area is 87.9 Å². The highest BCUT2D eigenvalue weighted by Crippen LogP contribution is 2.34. The Hall–Kier alpha value is -1.92. The third-order valence-corrected chi connectivity index (χ3v) is 2.01. The van der Waals surface area contributed by atoms with Crippen molar-refractivity contribution in [2.75, 3.05) is 6.79 Å². The lowest BCUT2D eigenvalue weighted by Crippen LogP contribution is -2.23. The number of halogens is 3. The predicted molar refractivity (Wildman–Crippen MR) is 46.9 cm³/mol. The van der Waals surface area contributed by atoms with Gasteiger partial charge in [-0.15, -0.1) is 0 Å². The maximum absolute atomic E-state index is 12.4. The van der Waals surface area contributed by atoms with Crippen LogP contribution in [0.5, 0.6) is 11.5 Å². The zero-order valence-corrected chi connectivity index (χ0v) is 7.78. The fourth-order valence-corrected chi connectivity index (χ4v) is 1.32. The van der Waals surface area contributed by atoms with E-state index in [0.717, 1.165) is 12.1 Å². The van der Waals surface area contributed by atoms with Gasteiger partial charge >= 0.3 is 6.18 Å². The summed E-state index contributed by atoms with van der Waals surface area (Å²) in [7, 11) is 0. The van der Waals surface area contributed by atoms with Crippen molar-refractivity contribution >= 4 is 5.71 Å². The molecule has 2 rings (SSSR count). The molecule has 0 saturated carbocycles. The maximum Gasteiger partial charge on any atom is 0.437 e. The smallest absolute Gasteiger partial charge is 0.437 e. The van der Waals surface area contributed by atoms with E-state index >= 15 is 0 Å². The summed E-state index contributed by atoms with van der Waals surface area (Å²) < 4.78 is 47.1. The van der Waals surface area contributed by atoms with Gasteiger partial charge in [-0.05, 0) is 18.2 Å². The molecule has 0 atom stereocenters. The second kappa shape index (κ2) is 3.58. The maximum atomic E-state index is 12.4. The highest BCUT2D eigenvalue weighted by molar-refractivity contribution is 6.04. The normalized spacial score (nSPS) is 15.3. The molecule has 0 amide bonds. The quantitative estimate of drug-likeness (QED) is 0.459. The van der Waals surface area contributed by atoms with Gasteiger partial charge in [0.25, 0.3) is 0 Å². The molecule has 0 aromatic heterocycles. The molecule has 0 fully saturated rings. The Morgan fingerprint density at radius 2 is 1.94 bits per heavy atom. The Morgan fingerprint density at radius 3 is 2.56 bits per heavy atom. The summed E-state index contributed by atoms with van der Waals surface area (Å²) in [5, 5.41) is 10.6. The topological polar surface area (TPSA) is 51.1 Å². The molecule has 0 saturated heterocycles. The first kappa shape index (κ1) is 10.6. The van der Waals surface area contributed by atoms with Gasteiger partial charge in [-0.2, -0.15) is 13.2 Å². The Morgan fingerprint density at radius 1 is 1.25 bits per heavy atom. The number of rotatable bonds is 1.